The van der Waals surface area contributed by atoms with Crippen molar-refractivity contribution in [3.8, 4) is 17.2 Å². The van der Waals surface area contributed by atoms with E-state index >= 15 is 0 Å². The van der Waals surface area contributed by atoms with Gasteiger partial charge in [-0.25, -0.2) is 14.1 Å². The summed E-state index contributed by atoms with van der Waals surface area (Å²) in [6.07, 6.45) is -0.199. The molecule has 0 aromatic heterocycles. The van der Waals surface area contributed by atoms with E-state index in [1.165, 1.54) is 50.5 Å². The van der Waals surface area contributed by atoms with Gasteiger partial charge in [-0.15, -0.1) is 0 Å². The Hall–Kier alpha value is -4.60. The number of hydrogen-bond acceptors (Lipinski definition) is 6. The van der Waals surface area contributed by atoms with Crippen LogP contribution < -0.4 is 24.4 Å². The summed E-state index contributed by atoms with van der Waals surface area (Å²) in [6.45, 7) is -0.00643. The summed E-state index contributed by atoms with van der Waals surface area (Å²) in [5.74, 6) is 0.107. The number of nitrogens with zero attached hydrogens (tertiary/aromatic N) is 2. The smallest absolute Gasteiger partial charge is 0.322 e. The summed E-state index contributed by atoms with van der Waals surface area (Å²) in [5.41, 5.74) is 1.37. The molecule has 0 saturated carbocycles. The number of halogens is 1. The van der Waals surface area contributed by atoms with Gasteiger partial charge >= 0.3 is 6.03 Å². The van der Waals surface area contributed by atoms with Crippen molar-refractivity contribution in [1.29, 1.82) is 0 Å². The zero-order valence-electron chi connectivity index (χ0n) is 20.6. The first-order chi connectivity index (χ1) is 17.8. The molecule has 10 heteroatoms. The molecule has 0 unspecified atom stereocenters. The fourth-order valence-electron chi connectivity index (χ4n) is 4.09. The number of benzene rings is 3. The van der Waals surface area contributed by atoms with Gasteiger partial charge in [-0.05, 0) is 66.2 Å². The maximum Gasteiger partial charge on any atom is 0.322 e. The summed E-state index contributed by atoms with van der Waals surface area (Å²) in [5, 5.41) is 2.69. The van der Waals surface area contributed by atoms with E-state index in [2.05, 4.69) is 5.32 Å². The van der Waals surface area contributed by atoms with Gasteiger partial charge in [-0.3, -0.25) is 9.59 Å². The zero-order valence-corrected chi connectivity index (χ0v) is 20.6. The van der Waals surface area contributed by atoms with E-state index in [0.717, 1.165) is 4.90 Å². The number of carbonyl (C=O) groups excluding carboxylic acids is 3. The number of amides is 4. The Kier molecular flexibility index (Phi) is 7.57. The summed E-state index contributed by atoms with van der Waals surface area (Å²) >= 11 is 0. The number of methoxy groups -OCH3 is 3. The molecule has 1 aliphatic rings. The number of hydrogen-bond donors (Lipinski definition) is 1. The molecule has 4 rings (SSSR count). The van der Waals surface area contributed by atoms with Crippen LogP contribution in [0.3, 0.4) is 0 Å². The van der Waals surface area contributed by atoms with Crippen LogP contribution in [0.2, 0.25) is 0 Å². The molecule has 1 atom stereocenters. The third kappa shape index (κ3) is 5.48. The van der Waals surface area contributed by atoms with Crippen molar-refractivity contribution >= 4 is 29.2 Å². The van der Waals surface area contributed by atoms with Gasteiger partial charge in [-0.1, -0.05) is 6.07 Å². The van der Waals surface area contributed by atoms with Gasteiger partial charge in [0.1, 0.15) is 17.6 Å². The maximum atomic E-state index is 13.5. The molecule has 0 spiro atoms. The number of rotatable bonds is 8. The summed E-state index contributed by atoms with van der Waals surface area (Å²) in [6, 6.07) is 15.2. The fourth-order valence-corrected chi connectivity index (χ4v) is 4.09. The Morgan fingerprint density at radius 1 is 0.946 bits per heavy atom. The molecule has 1 N–H and O–H groups in total. The lowest BCUT2D eigenvalue weighted by molar-refractivity contribution is -0.122. The number of imide groups is 1. The number of nitrogens with one attached hydrogen (secondary N) is 1. The van der Waals surface area contributed by atoms with Gasteiger partial charge in [0.15, 0.2) is 11.5 Å². The van der Waals surface area contributed by atoms with Crippen molar-refractivity contribution in [3.63, 3.8) is 0 Å². The Bertz CT molecular complexity index is 1300. The van der Waals surface area contributed by atoms with Crippen LogP contribution in [0.5, 0.6) is 17.2 Å². The van der Waals surface area contributed by atoms with Gasteiger partial charge in [0, 0.05) is 12.2 Å². The minimum Gasteiger partial charge on any atom is -0.497 e. The summed E-state index contributed by atoms with van der Waals surface area (Å²) in [4.78, 5) is 42.2. The highest BCUT2D eigenvalue weighted by Crippen LogP contribution is 2.31. The largest absolute Gasteiger partial charge is 0.497 e. The van der Waals surface area contributed by atoms with Crippen LogP contribution in [-0.2, 0) is 16.1 Å². The first kappa shape index (κ1) is 25.5. The van der Waals surface area contributed by atoms with Crippen LogP contribution in [0.25, 0.3) is 0 Å². The SMILES string of the molecule is COc1ccc(N2C(=O)C[C@@H](N(Cc3ccc(OC)c(OC)c3)C(=O)Nc3ccc(F)cc3)C2=O)cc1. The third-order valence-electron chi connectivity index (χ3n) is 5.99. The topological polar surface area (TPSA) is 97.4 Å². The van der Waals surface area contributed by atoms with Gasteiger partial charge in [0.25, 0.3) is 5.91 Å². The van der Waals surface area contributed by atoms with Crippen molar-refractivity contribution in [1.82, 2.24) is 4.90 Å². The molecule has 0 aliphatic carbocycles. The molecule has 0 bridgehead atoms. The van der Waals surface area contributed by atoms with E-state index in [9.17, 15) is 18.8 Å². The molecule has 4 amide bonds. The van der Waals surface area contributed by atoms with Crippen molar-refractivity contribution in [2.24, 2.45) is 0 Å². The standard InChI is InChI=1S/C27H26FN3O6/c1-35-21-11-9-20(10-12-21)31-25(32)15-22(26(31)33)30(27(34)29-19-7-5-18(28)6-8-19)16-17-4-13-23(36-2)24(14-17)37-3/h4-14,22H,15-16H2,1-3H3,(H,29,34)/t22-/m1/s1. The first-order valence-corrected chi connectivity index (χ1v) is 11.4. The van der Waals surface area contributed by atoms with Crippen LogP contribution in [0.1, 0.15) is 12.0 Å². The molecule has 1 saturated heterocycles. The Labute approximate surface area is 213 Å². The number of anilines is 2. The highest BCUT2D eigenvalue weighted by molar-refractivity contribution is 6.23. The van der Waals surface area contributed by atoms with E-state index in [-0.39, 0.29) is 13.0 Å². The molecule has 1 heterocycles. The minimum absolute atomic E-state index is 0.00643. The quantitative estimate of drug-likeness (QED) is 0.459. The average Bonchev–Trinajstić information content (AvgIpc) is 3.21. The number of urea groups is 1. The first-order valence-electron chi connectivity index (χ1n) is 11.4. The Morgan fingerprint density at radius 3 is 2.24 bits per heavy atom. The molecular weight excluding hydrogens is 481 g/mol. The van der Waals surface area contributed by atoms with Gasteiger partial charge in [-0.2, -0.15) is 0 Å². The highest BCUT2D eigenvalue weighted by Gasteiger charge is 2.44. The van der Waals surface area contributed by atoms with Gasteiger partial charge < -0.3 is 24.4 Å². The number of carbonyl (C=O) groups is 3. The molecule has 1 aliphatic heterocycles. The highest BCUT2D eigenvalue weighted by atomic mass is 19.1. The molecule has 3 aromatic carbocycles. The van der Waals surface area contributed by atoms with Gasteiger partial charge in [0.2, 0.25) is 5.91 Å². The lowest BCUT2D eigenvalue weighted by Crippen LogP contribution is -2.46. The lowest BCUT2D eigenvalue weighted by atomic mass is 10.1. The Balaban J connectivity index is 1.65. The van der Waals surface area contributed by atoms with Crippen LogP contribution in [0.4, 0.5) is 20.6 Å². The van der Waals surface area contributed by atoms with E-state index in [1.54, 1.807) is 42.5 Å². The molecular formula is C27H26FN3O6. The van der Waals surface area contributed by atoms with E-state index in [4.69, 9.17) is 14.2 Å². The molecule has 0 radical (unpaired) electrons. The van der Waals surface area contributed by atoms with Crippen molar-refractivity contribution in [2.75, 3.05) is 31.5 Å². The number of ether oxygens (including phenoxy) is 3. The lowest BCUT2D eigenvalue weighted by Gasteiger charge is -2.28. The van der Waals surface area contributed by atoms with Crippen LogP contribution in [0.15, 0.2) is 66.7 Å². The van der Waals surface area contributed by atoms with Crippen molar-refractivity contribution in [2.45, 2.75) is 19.0 Å². The van der Waals surface area contributed by atoms with Crippen LogP contribution in [-0.4, -0.2) is 50.1 Å². The predicted octanol–water partition coefficient (Wildman–Crippen LogP) is 4.22. The van der Waals surface area contributed by atoms with Crippen LogP contribution in [0, 0.1) is 5.82 Å². The van der Waals surface area contributed by atoms with Crippen molar-refractivity contribution in [3.05, 3.63) is 78.1 Å². The molecule has 37 heavy (non-hydrogen) atoms. The van der Waals surface area contributed by atoms with Gasteiger partial charge in [0.05, 0.1) is 33.4 Å². The molecule has 192 valence electrons. The average molecular weight is 508 g/mol. The minimum atomic E-state index is -1.07. The zero-order chi connectivity index (χ0) is 26.5. The normalized spacial score (nSPS) is 14.9. The molecule has 1 fully saturated rings. The predicted molar refractivity (Wildman–Crippen MR) is 134 cm³/mol. The monoisotopic (exact) mass is 507 g/mol. The van der Waals surface area contributed by atoms with E-state index < -0.39 is 29.7 Å². The molecule has 3 aromatic rings. The second-order valence-electron chi connectivity index (χ2n) is 8.24. The second kappa shape index (κ2) is 11.0. The maximum absolute atomic E-state index is 13.5. The van der Waals surface area contributed by atoms with Crippen molar-refractivity contribution < 1.29 is 33.0 Å². The third-order valence-corrected chi connectivity index (χ3v) is 5.99. The molecule has 9 nitrogen and oxygen atoms in total. The van der Waals surface area contributed by atoms with E-state index in [0.29, 0.717) is 34.2 Å². The fraction of sp³-hybridized carbons (Fsp3) is 0.222. The van der Waals surface area contributed by atoms with E-state index in [1.807, 2.05) is 0 Å². The van der Waals surface area contributed by atoms with Crippen LogP contribution >= 0.6 is 0 Å². The summed E-state index contributed by atoms with van der Waals surface area (Å²) < 4.78 is 29.1. The second-order valence-corrected chi connectivity index (χ2v) is 8.24. The Morgan fingerprint density at radius 2 is 1.62 bits per heavy atom. The summed E-state index contributed by atoms with van der Waals surface area (Å²) in [7, 11) is 4.52.